The normalized spacial score (nSPS) is 11.8. The van der Waals surface area contributed by atoms with Crippen molar-refractivity contribution in [3.8, 4) is 22.3 Å². The van der Waals surface area contributed by atoms with Gasteiger partial charge in [-0.1, -0.05) is 94.8 Å². The molecule has 0 spiro atoms. The lowest BCUT2D eigenvalue weighted by molar-refractivity contribution is 0.591. The standard InChI is InChI=1S/C26H30/c1-18(2)22-16-24(21-14-10-11-19(3)15-21)25(26(4,5)6)17-23(22)20-12-8-7-9-13-20/h7-18H,1-6H3. The maximum atomic E-state index is 2.43. The van der Waals surface area contributed by atoms with Crippen LogP contribution in [-0.2, 0) is 5.41 Å². The Labute approximate surface area is 158 Å². The molecule has 0 nitrogen and oxygen atoms in total. The summed E-state index contributed by atoms with van der Waals surface area (Å²) >= 11 is 0. The van der Waals surface area contributed by atoms with Gasteiger partial charge in [-0.05, 0) is 63.8 Å². The van der Waals surface area contributed by atoms with Gasteiger partial charge in [0.25, 0.3) is 0 Å². The van der Waals surface area contributed by atoms with Crippen molar-refractivity contribution in [1.82, 2.24) is 0 Å². The summed E-state index contributed by atoms with van der Waals surface area (Å²) in [7, 11) is 0. The second-order valence-corrected chi connectivity index (χ2v) is 8.63. The number of aryl methyl sites for hydroxylation is 1. The van der Waals surface area contributed by atoms with Crippen LogP contribution in [0.25, 0.3) is 22.3 Å². The third kappa shape index (κ3) is 3.75. The van der Waals surface area contributed by atoms with E-state index in [4.69, 9.17) is 0 Å². The molecular formula is C26H30. The highest BCUT2D eigenvalue weighted by atomic mass is 14.3. The van der Waals surface area contributed by atoms with Crippen LogP contribution < -0.4 is 0 Å². The molecule has 0 radical (unpaired) electrons. The average Bonchev–Trinajstić information content (AvgIpc) is 2.60. The first-order valence-corrected chi connectivity index (χ1v) is 9.58. The predicted octanol–water partition coefficient (Wildman–Crippen LogP) is 7.75. The van der Waals surface area contributed by atoms with Crippen LogP contribution in [0.1, 0.15) is 57.2 Å². The number of hydrogen-bond donors (Lipinski definition) is 0. The van der Waals surface area contributed by atoms with Gasteiger partial charge in [0, 0.05) is 0 Å². The first-order valence-electron chi connectivity index (χ1n) is 9.58. The molecule has 0 N–H and O–H groups in total. The molecule has 0 heterocycles. The molecule has 26 heavy (non-hydrogen) atoms. The summed E-state index contributed by atoms with van der Waals surface area (Å²) in [4.78, 5) is 0. The molecule has 0 atom stereocenters. The maximum absolute atomic E-state index is 2.43. The Morgan fingerprint density at radius 2 is 1.35 bits per heavy atom. The molecule has 0 aromatic heterocycles. The lowest BCUT2D eigenvalue weighted by Crippen LogP contribution is -2.14. The van der Waals surface area contributed by atoms with Crippen LogP contribution in [0.2, 0.25) is 0 Å². The molecule has 0 aliphatic heterocycles. The molecule has 0 unspecified atom stereocenters. The molecule has 0 aliphatic carbocycles. The van der Waals surface area contributed by atoms with E-state index in [-0.39, 0.29) is 5.41 Å². The van der Waals surface area contributed by atoms with E-state index in [0.717, 1.165) is 0 Å². The van der Waals surface area contributed by atoms with Crippen LogP contribution in [0.4, 0.5) is 0 Å². The third-order valence-corrected chi connectivity index (χ3v) is 5.03. The Kier molecular flexibility index (Phi) is 5.05. The van der Waals surface area contributed by atoms with Crippen LogP contribution >= 0.6 is 0 Å². The van der Waals surface area contributed by atoms with Crippen molar-refractivity contribution in [2.75, 3.05) is 0 Å². The number of benzene rings is 3. The first kappa shape index (κ1) is 18.5. The summed E-state index contributed by atoms with van der Waals surface area (Å²) in [6.45, 7) is 13.7. The fourth-order valence-electron chi connectivity index (χ4n) is 3.63. The van der Waals surface area contributed by atoms with Crippen molar-refractivity contribution in [2.24, 2.45) is 0 Å². The van der Waals surface area contributed by atoms with Gasteiger partial charge in [-0.25, -0.2) is 0 Å². The zero-order valence-corrected chi connectivity index (χ0v) is 16.9. The fraction of sp³-hybridized carbons (Fsp3) is 0.308. The van der Waals surface area contributed by atoms with Crippen molar-refractivity contribution in [1.29, 1.82) is 0 Å². The topological polar surface area (TPSA) is 0 Å². The van der Waals surface area contributed by atoms with Gasteiger partial charge in [0.2, 0.25) is 0 Å². The van der Waals surface area contributed by atoms with Gasteiger partial charge in [0.05, 0.1) is 0 Å². The molecule has 0 saturated heterocycles. The lowest BCUT2D eigenvalue weighted by atomic mass is 9.77. The van der Waals surface area contributed by atoms with Crippen molar-refractivity contribution in [3.63, 3.8) is 0 Å². The summed E-state index contributed by atoms with van der Waals surface area (Å²) in [6, 6.07) is 24.5. The molecule has 0 aliphatic rings. The van der Waals surface area contributed by atoms with Gasteiger partial charge < -0.3 is 0 Å². The van der Waals surface area contributed by atoms with E-state index in [1.807, 2.05) is 0 Å². The van der Waals surface area contributed by atoms with Gasteiger partial charge in [-0.3, -0.25) is 0 Å². The molecule has 3 rings (SSSR count). The molecule has 0 saturated carbocycles. The minimum absolute atomic E-state index is 0.0815. The highest BCUT2D eigenvalue weighted by molar-refractivity contribution is 5.78. The number of hydrogen-bond acceptors (Lipinski definition) is 0. The SMILES string of the molecule is Cc1cccc(-c2cc(C(C)C)c(-c3ccccc3)cc2C(C)(C)C)c1. The summed E-state index contributed by atoms with van der Waals surface area (Å²) < 4.78 is 0. The minimum atomic E-state index is 0.0815. The predicted molar refractivity (Wildman–Crippen MR) is 115 cm³/mol. The summed E-state index contributed by atoms with van der Waals surface area (Å²) in [5.74, 6) is 0.475. The van der Waals surface area contributed by atoms with Crippen LogP contribution in [0.3, 0.4) is 0 Å². The Bertz CT molecular complexity index is 893. The smallest absolute Gasteiger partial charge is 0.0125 e. The maximum Gasteiger partial charge on any atom is -0.0125 e. The van der Waals surface area contributed by atoms with Crippen LogP contribution in [-0.4, -0.2) is 0 Å². The Hall–Kier alpha value is -2.34. The van der Waals surface area contributed by atoms with Crippen molar-refractivity contribution >= 4 is 0 Å². The fourth-order valence-corrected chi connectivity index (χ4v) is 3.63. The van der Waals surface area contributed by atoms with E-state index in [0.29, 0.717) is 5.92 Å². The highest BCUT2D eigenvalue weighted by Crippen LogP contribution is 2.40. The van der Waals surface area contributed by atoms with E-state index >= 15 is 0 Å². The molecule has 0 bridgehead atoms. The summed E-state index contributed by atoms with van der Waals surface area (Å²) in [6.07, 6.45) is 0. The van der Waals surface area contributed by atoms with E-state index in [1.165, 1.54) is 38.9 Å². The van der Waals surface area contributed by atoms with Crippen molar-refractivity contribution < 1.29 is 0 Å². The molecule has 3 aromatic carbocycles. The zero-order valence-electron chi connectivity index (χ0n) is 16.9. The van der Waals surface area contributed by atoms with Crippen molar-refractivity contribution in [3.05, 3.63) is 83.4 Å². The van der Waals surface area contributed by atoms with Gasteiger partial charge in [-0.2, -0.15) is 0 Å². The zero-order chi connectivity index (χ0) is 18.9. The Morgan fingerprint density at radius 3 is 1.92 bits per heavy atom. The van der Waals surface area contributed by atoms with Gasteiger partial charge in [-0.15, -0.1) is 0 Å². The van der Waals surface area contributed by atoms with Crippen LogP contribution in [0, 0.1) is 6.92 Å². The average molecular weight is 343 g/mol. The minimum Gasteiger partial charge on any atom is -0.0622 e. The Balaban J connectivity index is 2.33. The monoisotopic (exact) mass is 342 g/mol. The second kappa shape index (κ2) is 7.11. The van der Waals surface area contributed by atoms with E-state index in [9.17, 15) is 0 Å². The molecule has 134 valence electrons. The van der Waals surface area contributed by atoms with Crippen LogP contribution in [0.5, 0.6) is 0 Å². The van der Waals surface area contributed by atoms with E-state index in [2.05, 4.69) is 108 Å². The van der Waals surface area contributed by atoms with E-state index < -0.39 is 0 Å². The highest BCUT2D eigenvalue weighted by Gasteiger charge is 2.22. The first-order chi connectivity index (χ1) is 12.3. The van der Waals surface area contributed by atoms with Gasteiger partial charge >= 0.3 is 0 Å². The van der Waals surface area contributed by atoms with Crippen molar-refractivity contribution in [2.45, 2.75) is 52.9 Å². The molecule has 0 heteroatoms. The molecular weight excluding hydrogens is 312 g/mol. The van der Waals surface area contributed by atoms with Gasteiger partial charge in [0.1, 0.15) is 0 Å². The largest absolute Gasteiger partial charge is 0.0622 e. The van der Waals surface area contributed by atoms with Gasteiger partial charge in [0.15, 0.2) is 0 Å². The third-order valence-electron chi connectivity index (χ3n) is 5.03. The van der Waals surface area contributed by atoms with Crippen LogP contribution in [0.15, 0.2) is 66.7 Å². The molecule has 0 fully saturated rings. The second-order valence-electron chi connectivity index (χ2n) is 8.63. The molecule has 0 amide bonds. The quantitative estimate of drug-likeness (QED) is 0.456. The lowest BCUT2D eigenvalue weighted by Gasteiger charge is -2.27. The number of rotatable bonds is 3. The summed E-state index contributed by atoms with van der Waals surface area (Å²) in [5.41, 5.74) is 9.56. The Morgan fingerprint density at radius 1 is 0.692 bits per heavy atom. The molecule has 3 aromatic rings. The van der Waals surface area contributed by atoms with E-state index in [1.54, 1.807) is 0 Å². The summed E-state index contributed by atoms with van der Waals surface area (Å²) in [5, 5.41) is 0.